The van der Waals surface area contributed by atoms with E-state index in [0.717, 1.165) is 31.2 Å². The SMILES string of the molecule is Cc1nn(CCc2ccnn2C)c(C)c1CNC1CC1. The first-order valence-electron chi connectivity index (χ1n) is 7.38. The Morgan fingerprint density at radius 3 is 2.80 bits per heavy atom. The van der Waals surface area contributed by atoms with Crippen molar-refractivity contribution in [2.45, 2.75) is 52.2 Å². The van der Waals surface area contributed by atoms with Crippen molar-refractivity contribution >= 4 is 0 Å². The topological polar surface area (TPSA) is 47.7 Å². The molecule has 1 fully saturated rings. The van der Waals surface area contributed by atoms with Gasteiger partial charge in [0.2, 0.25) is 0 Å². The molecule has 20 heavy (non-hydrogen) atoms. The Kier molecular flexibility index (Phi) is 3.61. The number of aromatic nitrogens is 4. The summed E-state index contributed by atoms with van der Waals surface area (Å²) >= 11 is 0. The van der Waals surface area contributed by atoms with Gasteiger partial charge in [-0.15, -0.1) is 0 Å². The molecule has 1 N–H and O–H groups in total. The largest absolute Gasteiger partial charge is 0.310 e. The maximum atomic E-state index is 4.68. The first-order valence-corrected chi connectivity index (χ1v) is 7.38. The first kappa shape index (κ1) is 13.4. The Hall–Kier alpha value is -1.62. The maximum absolute atomic E-state index is 4.68. The molecule has 5 heteroatoms. The number of hydrogen-bond acceptors (Lipinski definition) is 3. The monoisotopic (exact) mass is 273 g/mol. The van der Waals surface area contributed by atoms with Gasteiger partial charge in [0.05, 0.1) is 5.69 Å². The van der Waals surface area contributed by atoms with Crippen molar-refractivity contribution in [1.29, 1.82) is 0 Å². The average Bonchev–Trinajstić information content (AvgIpc) is 3.10. The molecule has 0 radical (unpaired) electrons. The van der Waals surface area contributed by atoms with Crippen LogP contribution in [0.15, 0.2) is 12.3 Å². The number of nitrogens with one attached hydrogen (secondary N) is 1. The summed E-state index contributed by atoms with van der Waals surface area (Å²) in [4.78, 5) is 0. The molecular formula is C15H23N5. The average molecular weight is 273 g/mol. The molecule has 0 atom stereocenters. The normalized spacial score (nSPS) is 14.9. The molecule has 2 heterocycles. The van der Waals surface area contributed by atoms with Crippen molar-refractivity contribution in [3.05, 3.63) is 34.9 Å². The molecule has 0 amide bonds. The van der Waals surface area contributed by atoms with Gasteiger partial charge in [0, 0.05) is 55.7 Å². The van der Waals surface area contributed by atoms with Gasteiger partial charge in [-0.3, -0.25) is 9.36 Å². The summed E-state index contributed by atoms with van der Waals surface area (Å²) in [6.07, 6.45) is 5.47. The van der Waals surface area contributed by atoms with E-state index in [1.165, 1.54) is 29.8 Å². The van der Waals surface area contributed by atoms with Gasteiger partial charge >= 0.3 is 0 Å². The number of hydrogen-bond donors (Lipinski definition) is 1. The fourth-order valence-corrected chi connectivity index (χ4v) is 2.61. The zero-order valence-electron chi connectivity index (χ0n) is 12.6. The number of nitrogens with zero attached hydrogens (tertiary/aromatic N) is 4. The second-order valence-corrected chi connectivity index (χ2v) is 5.72. The molecule has 0 saturated heterocycles. The zero-order chi connectivity index (χ0) is 14.1. The molecule has 0 aliphatic heterocycles. The maximum Gasteiger partial charge on any atom is 0.0641 e. The number of aryl methyl sites for hydroxylation is 4. The van der Waals surface area contributed by atoms with Gasteiger partial charge in [-0.2, -0.15) is 10.2 Å². The molecule has 2 aromatic heterocycles. The molecule has 1 aliphatic carbocycles. The van der Waals surface area contributed by atoms with Crippen LogP contribution < -0.4 is 5.32 Å². The smallest absolute Gasteiger partial charge is 0.0641 e. The lowest BCUT2D eigenvalue weighted by molar-refractivity contribution is 0.569. The lowest BCUT2D eigenvalue weighted by atomic mass is 10.2. The molecule has 0 unspecified atom stereocenters. The van der Waals surface area contributed by atoms with Gasteiger partial charge in [-0.1, -0.05) is 0 Å². The van der Waals surface area contributed by atoms with Gasteiger partial charge in [0.15, 0.2) is 0 Å². The highest BCUT2D eigenvalue weighted by atomic mass is 15.3. The highest BCUT2D eigenvalue weighted by Gasteiger charge is 2.21. The van der Waals surface area contributed by atoms with Crippen LogP contribution in [0.5, 0.6) is 0 Å². The van der Waals surface area contributed by atoms with Crippen LogP contribution in [-0.4, -0.2) is 25.6 Å². The summed E-state index contributed by atoms with van der Waals surface area (Å²) in [6, 6.07) is 2.81. The summed E-state index contributed by atoms with van der Waals surface area (Å²) in [7, 11) is 1.99. The molecule has 5 nitrogen and oxygen atoms in total. The minimum Gasteiger partial charge on any atom is -0.310 e. The first-order chi connectivity index (χ1) is 9.65. The van der Waals surface area contributed by atoms with Crippen LogP contribution in [0.4, 0.5) is 0 Å². The van der Waals surface area contributed by atoms with Crippen molar-refractivity contribution in [3.63, 3.8) is 0 Å². The van der Waals surface area contributed by atoms with Gasteiger partial charge in [-0.25, -0.2) is 0 Å². The van der Waals surface area contributed by atoms with Crippen LogP contribution in [-0.2, 0) is 26.6 Å². The van der Waals surface area contributed by atoms with Gasteiger partial charge in [0.25, 0.3) is 0 Å². The summed E-state index contributed by atoms with van der Waals surface area (Å²) in [5.74, 6) is 0. The van der Waals surface area contributed by atoms with E-state index < -0.39 is 0 Å². The highest BCUT2D eigenvalue weighted by molar-refractivity contribution is 5.24. The predicted molar refractivity (Wildman–Crippen MR) is 78.5 cm³/mol. The van der Waals surface area contributed by atoms with Crippen molar-refractivity contribution in [2.75, 3.05) is 0 Å². The van der Waals surface area contributed by atoms with Crippen LogP contribution in [0.25, 0.3) is 0 Å². The van der Waals surface area contributed by atoms with Gasteiger partial charge < -0.3 is 5.32 Å². The van der Waals surface area contributed by atoms with Crippen LogP contribution in [0, 0.1) is 13.8 Å². The molecule has 0 aromatic carbocycles. The van der Waals surface area contributed by atoms with Crippen LogP contribution in [0.2, 0.25) is 0 Å². The van der Waals surface area contributed by atoms with E-state index in [9.17, 15) is 0 Å². The van der Waals surface area contributed by atoms with E-state index in [-0.39, 0.29) is 0 Å². The highest BCUT2D eigenvalue weighted by Crippen LogP contribution is 2.21. The van der Waals surface area contributed by atoms with Crippen molar-refractivity contribution in [1.82, 2.24) is 24.9 Å². The summed E-state index contributed by atoms with van der Waals surface area (Å²) < 4.78 is 4.06. The Labute approximate surface area is 120 Å². The minimum absolute atomic E-state index is 0.742. The number of rotatable bonds is 6. The third-order valence-electron chi connectivity index (χ3n) is 4.18. The van der Waals surface area contributed by atoms with E-state index in [1.807, 2.05) is 17.9 Å². The molecule has 0 bridgehead atoms. The molecule has 2 aromatic rings. The standard InChI is InChI=1S/C15H23N5/c1-11-15(10-16-13-4-5-13)12(2)20(18-11)9-7-14-6-8-17-19(14)3/h6,8,13,16H,4-5,7,9-10H2,1-3H3. The van der Waals surface area contributed by atoms with Gasteiger partial charge in [-0.05, 0) is 32.8 Å². The molecule has 1 aliphatic rings. The quantitative estimate of drug-likeness (QED) is 0.872. The third-order valence-corrected chi connectivity index (χ3v) is 4.18. The molecule has 0 spiro atoms. The Morgan fingerprint density at radius 1 is 1.35 bits per heavy atom. The molecule has 3 rings (SSSR count). The van der Waals surface area contributed by atoms with Crippen molar-refractivity contribution in [2.24, 2.45) is 7.05 Å². The zero-order valence-corrected chi connectivity index (χ0v) is 12.6. The van der Waals surface area contributed by atoms with E-state index in [1.54, 1.807) is 0 Å². The Bertz CT molecular complexity index is 591. The Balaban J connectivity index is 1.66. The van der Waals surface area contributed by atoms with E-state index in [4.69, 9.17) is 0 Å². The van der Waals surface area contributed by atoms with Crippen molar-refractivity contribution < 1.29 is 0 Å². The molecular weight excluding hydrogens is 250 g/mol. The van der Waals surface area contributed by atoms with E-state index in [2.05, 4.69) is 40.1 Å². The second-order valence-electron chi connectivity index (χ2n) is 5.72. The van der Waals surface area contributed by atoms with Crippen LogP contribution in [0.3, 0.4) is 0 Å². The predicted octanol–water partition coefficient (Wildman–Crippen LogP) is 1.73. The lowest BCUT2D eigenvalue weighted by Crippen LogP contribution is -2.16. The summed E-state index contributed by atoms with van der Waals surface area (Å²) in [5, 5.41) is 12.5. The second kappa shape index (κ2) is 5.40. The summed E-state index contributed by atoms with van der Waals surface area (Å²) in [6.45, 7) is 6.15. The fraction of sp³-hybridized carbons (Fsp3) is 0.600. The lowest BCUT2D eigenvalue weighted by Gasteiger charge is -2.06. The fourth-order valence-electron chi connectivity index (χ4n) is 2.61. The third kappa shape index (κ3) is 2.77. The van der Waals surface area contributed by atoms with Crippen LogP contribution >= 0.6 is 0 Å². The van der Waals surface area contributed by atoms with Gasteiger partial charge in [0.1, 0.15) is 0 Å². The minimum atomic E-state index is 0.742. The van der Waals surface area contributed by atoms with E-state index in [0.29, 0.717) is 0 Å². The van der Waals surface area contributed by atoms with Crippen molar-refractivity contribution in [3.8, 4) is 0 Å². The Morgan fingerprint density at radius 2 is 2.15 bits per heavy atom. The molecule has 108 valence electrons. The summed E-state index contributed by atoms with van der Waals surface area (Å²) in [5.41, 5.74) is 5.05. The van der Waals surface area contributed by atoms with Crippen LogP contribution in [0.1, 0.15) is 35.5 Å². The molecule has 1 saturated carbocycles. The van der Waals surface area contributed by atoms with E-state index >= 15 is 0 Å².